The van der Waals surface area contributed by atoms with E-state index in [4.69, 9.17) is 11.6 Å². The highest BCUT2D eigenvalue weighted by atomic mass is 35.5. The maximum absolute atomic E-state index is 12.3. The zero-order valence-electron chi connectivity index (χ0n) is 11.7. The predicted octanol–water partition coefficient (Wildman–Crippen LogP) is 3.15. The Hall–Kier alpha value is -1.81. The lowest BCUT2D eigenvalue weighted by molar-refractivity contribution is 0.0929. The summed E-state index contributed by atoms with van der Waals surface area (Å²) in [5, 5.41) is 3.15. The van der Waals surface area contributed by atoms with E-state index >= 15 is 0 Å². The number of hydrogen-bond acceptors (Lipinski definition) is 2. The number of aromatic nitrogens is 2. The molecule has 0 saturated heterocycles. The number of hydrogen-bond donors (Lipinski definition) is 1. The first kappa shape index (κ1) is 14.1. The Kier molecular flexibility index (Phi) is 4.25. The highest BCUT2D eigenvalue weighted by Crippen LogP contribution is 2.30. The number of amides is 1. The summed E-state index contributed by atoms with van der Waals surface area (Å²) in [5.41, 5.74) is 1.70. The topological polar surface area (TPSA) is 46.9 Å². The van der Waals surface area contributed by atoms with Crippen LogP contribution < -0.4 is 5.32 Å². The van der Waals surface area contributed by atoms with Crippen molar-refractivity contribution in [2.75, 3.05) is 0 Å². The van der Waals surface area contributed by atoms with Gasteiger partial charge in [0.15, 0.2) is 0 Å². The number of benzene rings is 1. The molecule has 3 rings (SSSR count). The van der Waals surface area contributed by atoms with E-state index in [0.717, 1.165) is 24.8 Å². The Labute approximate surface area is 129 Å². The van der Waals surface area contributed by atoms with Crippen LogP contribution in [0.25, 0.3) is 0 Å². The number of nitrogens with one attached hydrogen (secondary N) is 1. The summed E-state index contributed by atoms with van der Waals surface area (Å²) in [4.78, 5) is 16.4. The first-order valence-electron chi connectivity index (χ1n) is 7.21. The second-order valence-electron chi connectivity index (χ2n) is 5.42. The second-order valence-corrected chi connectivity index (χ2v) is 5.69. The monoisotopic (exact) mass is 303 g/mol. The van der Waals surface area contributed by atoms with E-state index < -0.39 is 0 Å². The Balaban J connectivity index is 1.68. The molecule has 21 heavy (non-hydrogen) atoms. The van der Waals surface area contributed by atoms with Crippen molar-refractivity contribution in [2.45, 2.75) is 37.2 Å². The largest absolute Gasteiger partial charge is 0.347 e. The third kappa shape index (κ3) is 3.10. The standard InChI is InChI=1S/C16H18ClN3O/c17-10-12-4-6-13(7-5-12)16(21)19-14-2-1-3-15(14)20-9-8-18-11-20/h4-9,11,14-15H,1-3,10H2,(H,19,21). The first-order chi connectivity index (χ1) is 10.3. The van der Waals surface area contributed by atoms with Crippen molar-refractivity contribution in [3.05, 3.63) is 54.1 Å². The molecule has 0 radical (unpaired) electrons. The van der Waals surface area contributed by atoms with Gasteiger partial charge in [0, 0.05) is 29.9 Å². The summed E-state index contributed by atoms with van der Waals surface area (Å²) in [6.45, 7) is 0. The molecule has 0 aliphatic heterocycles. The van der Waals surface area contributed by atoms with Crippen LogP contribution in [0.15, 0.2) is 43.0 Å². The number of carbonyl (C=O) groups is 1. The van der Waals surface area contributed by atoms with Crippen LogP contribution in [0.4, 0.5) is 0 Å². The lowest BCUT2D eigenvalue weighted by Gasteiger charge is -2.22. The highest BCUT2D eigenvalue weighted by Gasteiger charge is 2.29. The number of carbonyl (C=O) groups excluding carboxylic acids is 1. The molecule has 2 aromatic rings. The van der Waals surface area contributed by atoms with E-state index in [1.54, 1.807) is 6.20 Å². The van der Waals surface area contributed by atoms with Gasteiger partial charge in [0.2, 0.25) is 0 Å². The highest BCUT2D eigenvalue weighted by molar-refractivity contribution is 6.17. The third-order valence-corrected chi connectivity index (χ3v) is 4.38. The Morgan fingerprint density at radius 2 is 2.14 bits per heavy atom. The van der Waals surface area contributed by atoms with E-state index in [9.17, 15) is 4.79 Å². The van der Waals surface area contributed by atoms with Crippen molar-refractivity contribution in [3.8, 4) is 0 Å². The van der Waals surface area contributed by atoms with Gasteiger partial charge in [-0.3, -0.25) is 4.79 Å². The van der Waals surface area contributed by atoms with Gasteiger partial charge in [0.05, 0.1) is 12.4 Å². The van der Waals surface area contributed by atoms with Crippen LogP contribution in [0, 0.1) is 0 Å². The van der Waals surface area contributed by atoms with Gasteiger partial charge in [-0.25, -0.2) is 4.98 Å². The van der Waals surface area contributed by atoms with Gasteiger partial charge >= 0.3 is 0 Å². The number of rotatable bonds is 4. The molecule has 1 aliphatic rings. The molecule has 1 amide bonds. The maximum Gasteiger partial charge on any atom is 0.251 e. The molecule has 1 aliphatic carbocycles. The minimum Gasteiger partial charge on any atom is -0.347 e. The van der Waals surface area contributed by atoms with E-state index in [2.05, 4.69) is 14.9 Å². The lowest BCUT2D eigenvalue weighted by atomic mass is 10.1. The fourth-order valence-corrected chi connectivity index (χ4v) is 3.11. The van der Waals surface area contributed by atoms with Gasteiger partial charge in [-0.2, -0.15) is 0 Å². The Morgan fingerprint density at radius 3 is 2.81 bits per heavy atom. The molecule has 4 nitrogen and oxygen atoms in total. The van der Waals surface area contributed by atoms with Crippen molar-refractivity contribution < 1.29 is 4.79 Å². The number of halogens is 1. The van der Waals surface area contributed by atoms with Crippen LogP contribution in [0.5, 0.6) is 0 Å². The molecule has 5 heteroatoms. The van der Waals surface area contributed by atoms with Crippen LogP contribution in [0.2, 0.25) is 0 Å². The molecule has 1 saturated carbocycles. The van der Waals surface area contributed by atoms with Gasteiger partial charge in [-0.1, -0.05) is 12.1 Å². The normalized spacial score (nSPS) is 21.4. The van der Waals surface area contributed by atoms with E-state index in [1.165, 1.54) is 0 Å². The summed E-state index contributed by atoms with van der Waals surface area (Å²) < 4.78 is 2.09. The fourth-order valence-electron chi connectivity index (χ4n) is 2.93. The molecule has 0 bridgehead atoms. The third-order valence-electron chi connectivity index (χ3n) is 4.07. The van der Waals surface area contributed by atoms with Crippen molar-refractivity contribution in [1.29, 1.82) is 0 Å². The molecule has 2 atom stereocenters. The summed E-state index contributed by atoms with van der Waals surface area (Å²) in [6, 6.07) is 7.91. The molecule has 1 N–H and O–H groups in total. The average Bonchev–Trinajstić information content (AvgIpc) is 3.18. The van der Waals surface area contributed by atoms with Gasteiger partial charge in [-0.05, 0) is 37.0 Å². The molecule has 1 aromatic heterocycles. The molecule has 1 fully saturated rings. The van der Waals surface area contributed by atoms with Crippen LogP contribution in [-0.2, 0) is 5.88 Å². The van der Waals surface area contributed by atoms with Crippen LogP contribution in [0.1, 0.15) is 41.2 Å². The average molecular weight is 304 g/mol. The molecule has 110 valence electrons. The predicted molar refractivity (Wildman–Crippen MR) is 82.4 cm³/mol. The minimum atomic E-state index is -0.0202. The molecular formula is C16H18ClN3O. The lowest BCUT2D eigenvalue weighted by Crippen LogP contribution is -2.38. The molecule has 1 aromatic carbocycles. The van der Waals surface area contributed by atoms with Gasteiger partial charge in [-0.15, -0.1) is 11.6 Å². The van der Waals surface area contributed by atoms with E-state index in [0.29, 0.717) is 17.5 Å². The van der Waals surface area contributed by atoms with Gasteiger partial charge in [0.25, 0.3) is 5.91 Å². The molecule has 0 spiro atoms. The molecule has 2 unspecified atom stereocenters. The van der Waals surface area contributed by atoms with Crippen molar-refractivity contribution >= 4 is 17.5 Å². The SMILES string of the molecule is O=C(NC1CCCC1n1ccnc1)c1ccc(CCl)cc1. The number of nitrogens with zero attached hydrogens (tertiary/aromatic N) is 2. The van der Waals surface area contributed by atoms with E-state index in [-0.39, 0.29) is 11.9 Å². The minimum absolute atomic E-state index is 0.0202. The van der Waals surface area contributed by atoms with Gasteiger partial charge in [0.1, 0.15) is 0 Å². The van der Waals surface area contributed by atoms with E-state index in [1.807, 2.05) is 36.8 Å². The van der Waals surface area contributed by atoms with Gasteiger partial charge < -0.3 is 9.88 Å². The fraction of sp³-hybridized carbons (Fsp3) is 0.375. The van der Waals surface area contributed by atoms with Crippen LogP contribution in [-0.4, -0.2) is 21.5 Å². The smallest absolute Gasteiger partial charge is 0.251 e. The quantitative estimate of drug-likeness (QED) is 0.882. The van der Waals surface area contributed by atoms with Crippen LogP contribution >= 0.6 is 11.6 Å². The summed E-state index contributed by atoms with van der Waals surface area (Å²) in [6.07, 6.45) is 8.77. The number of alkyl halides is 1. The summed E-state index contributed by atoms with van der Waals surface area (Å²) in [5.74, 6) is 0.445. The zero-order valence-corrected chi connectivity index (χ0v) is 12.5. The molecule has 1 heterocycles. The first-order valence-corrected chi connectivity index (χ1v) is 7.74. The number of imidazole rings is 1. The summed E-state index contributed by atoms with van der Waals surface area (Å²) in [7, 11) is 0. The second kappa shape index (κ2) is 6.31. The Bertz CT molecular complexity index is 594. The van der Waals surface area contributed by atoms with Crippen molar-refractivity contribution in [2.24, 2.45) is 0 Å². The van der Waals surface area contributed by atoms with Crippen molar-refractivity contribution in [1.82, 2.24) is 14.9 Å². The maximum atomic E-state index is 12.3. The van der Waals surface area contributed by atoms with Crippen LogP contribution in [0.3, 0.4) is 0 Å². The summed E-state index contributed by atoms with van der Waals surface area (Å²) >= 11 is 5.76. The molecular weight excluding hydrogens is 286 g/mol. The Morgan fingerprint density at radius 1 is 1.33 bits per heavy atom. The zero-order chi connectivity index (χ0) is 14.7. The van der Waals surface area contributed by atoms with Crippen molar-refractivity contribution in [3.63, 3.8) is 0 Å².